The molecule has 0 aliphatic carbocycles. The normalized spacial score (nSPS) is 11.8. The molecule has 0 bridgehead atoms. The van der Waals surface area contributed by atoms with Crippen molar-refractivity contribution in [2.75, 3.05) is 0 Å². The quantitative estimate of drug-likeness (QED) is 0.197. The van der Waals surface area contributed by atoms with E-state index in [4.69, 9.17) is 4.74 Å². The first-order chi connectivity index (χ1) is 15.8. The number of benzene rings is 3. The maximum atomic E-state index is 13.0. The minimum Gasteiger partial charge on any atom is -0.479 e. The van der Waals surface area contributed by atoms with Gasteiger partial charge in [0.15, 0.2) is 11.9 Å². The molecule has 3 aromatic rings. The maximum absolute atomic E-state index is 13.0. The third-order valence-electron chi connectivity index (χ3n) is 5.04. The van der Waals surface area contributed by atoms with Crippen molar-refractivity contribution in [2.45, 2.75) is 25.9 Å². The van der Waals surface area contributed by atoms with E-state index in [-0.39, 0.29) is 23.4 Å². The lowest BCUT2D eigenvalue weighted by atomic mass is 10.0. The van der Waals surface area contributed by atoms with Gasteiger partial charge in [-0.1, -0.05) is 66.7 Å². The van der Waals surface area contributed by atoms with Gasteiger partial charge in [0.05, 0.1) is 10.5 Å². The predicted octanol–water partition coefficient (Wildman–Crippen LogP) is 5.26. The van der Waals surface area contributed by atoms with Gasteiger partial charge in [-0.15, -0.1) is 0 Å². The fourth-order valence-corrected chi connectivity index (χ4v) is 3.34. The van der Waals surface area contributed by atoms with Crippen LogP contribution in [0.5, 0.6) is 5.75 Å². The number of ketones is 1. The minimum absolute atomic E-state index is 0.0313. The number of carbonyl (C=O) groups excluding carboxylic acids is 1. The molecule has 0 aromatic heterocycles. The summed E-state index contributed by atoms with van der Waals surface area (Å²) in [7, 11) is 0. The van der Waals surface area contributed by atoms with Gasteiger partial charge in [0.2, 0.25) is 0 Å². The van der Waals surface area contributed by atoms with E-state index in [0.29, 0.717) is 12.0 Å². The van der Waals surface area contributed by atoms with Gasteiger partial charge in [0, 0.05) is 12.1 Å². The molecule has 0 spiro atoms. The number of hydrogen-bond acceptors (Lipinski definition) is 5. The van der Waals surface area contributed by atoms with Gasteiger partial charge < -0.3 is 9.84 Å². The first kappa shape index (κ1) is 23.4. The second kappa shape index (κ2) is 10.9. The van der Waals surface area contributed by atoms with Gasteiger partial charge >= 0.3 is 5.97 Å². The molecular formula is C26H23NO6. The third kappa shape index (κ3) is 6.36. The van der Waals surface area contributed by atoms with E-state index in [1.165, 1.54) is 12.1 Å². The molecule has 0 fully saturated rings. The summed E-state index contributed by atoms with van der Waals surface area (Å²) in [6.07, 6.45) is 2.28. The number of carboxylic acid groups (broad SMARTS) is 1. The van der Waals surface area contributed by atoms with Crippen molar-refractivity contribution in [2.24, 2.45) is 0 Å². The number of aryl methyl sites for hydroxylation is 2. The minimum atomic E-state index is -1.23. The Labute approximate surface area is 191 Å². The van der Waals surface area contributed by atoms with Crippen molar-refractivity contribution >= 4 is 23.5 Å². The Morgan fingerprint density at radius 1 is 1.06 bits per heavy atom. The highest BCUT2D eigenvalue weighted by molar-refractivity contribution is 6.09. The summed E-state index contributed by atoms with van der Waals surface area (Å²) < 4.78 is 5.79. The molecule has 3 rings (SSSR count). The van der Waals surface area contributed by atoms with E-state index in [1.807, 2.05) is 60.7 Å². The molecule has 0 saturated heterocycles. The predicted molar refractivity (Wildman–Crippen MR) is 124 cm³/mol. The SMILES string of the molecule is Cc1cc([N+](=O)[O-])cc(C(=O)C=Cc2ccccc2)c1OC(CCc1ccccc1)C(=O)O. The number of nitro benzene ring substituents is 1. The van der Waals surface area contributed by atoms with Crippen molar-refractivity contribution < 1.29 is 24.4 Å². The molecule has 0 aliphatic rings. The van der Waals surface area contributed by atoms with E-state index in [1.54, 1.807) is 13.0 Å². The van der Waals surface area contributed by atoms with Crippen LogP contribution in [0.1, 0.15) is 33.5 Å². The summed E-state index contributed by atoms with van der Waals surface area (Å²) in [6, 6.07) is 20.9. The van der Waals surface area contributed by atoms with Crippen LogP contribution < -0.4 is 4.74 Å². The topological polar surface area (TPSA) is 107 Å². The summed E-state index contributed by atoms with van der Waals surface area (Å²) in [6.45, 7) is 1.55. The average molecular weight is 445 g/mol. The van der Waals surface area contributed by atoms with E-state index >= 15 is 0 Å². The number of carbonyl (C=O) groups is 2. The summed E-state index contributed by atoms with van der Waals surface area (Å²) in [5, 5.41) is 21.0. The Kier molecular flexibility index (Phi) is 7.70. The monoisotopic (exact) mass is 445 g/mol. The molecule has 0 amide bonds. The largest absolute Gasteiger partial charge is 0.479 e. The van der Waals surface area contributed by atoms with Crippen LogP contribution in [0, 0.1) is 17.0 Å². The lowest BCUT2D eigenvalue weighted by Crippen LogP contribution is -2.28. The van der Waals surface area contributed by atoms with Gasteiger partial charge in [0.25, 0.3) is 5.69 Å². The highest BCUT2D eigenvalue weighted by Crippen LogP contribution is 2.31. The molecule has 33 heavy (non-hydrogen) atoms. The van der Waals surface area contributed by atoms with Crippen LogP contribution in [-0.4, -0.2) is 27.9 Å². The summed E-state index contributed by atoms with van der Waals surface area (Å²) in [5.74, 6) is -1.67. The van der Waals surface area contributed by atoms with Crippen LogP contribution >= 0.6 is 0 Å². The number of aliphatic carboxylic acids is 1. The summed E-state index contributed by atoms with van der Waals surface area (Å²) in [4.78, 5) is 35.6. The first-order valence-electron chi connectivity index (χ1n) is 10.3. The Morgan fingerprint density at radius 3 is 2.30 bits per heavy atom. The van der Waals surface area contributed by atoms with Gasteiger partial charge in [-0.2, -0.15) is 0 Å². The van der Waals surface area contributed by atoms with E-state index in [9.17, 15) is 24.8 Å². The number of nitrogens with zero attached hydrogens (tertiary/aromatic N) is 1. The van der Waals surface area contributed by atoms with Crippen LogP contribution in [0.4, 0.5) is 5.69 Å². The van der Waals surface area contributed by atoms with Crippen molar-refractivity contribution in [3.8, 4) is 5.75 Å². The lowest BCUT2D eigenvalue weighted by Gasteiger charge is -2.19. The van der Waals surface area contributed by atoms with Crippen molar-refractivity contribution in [3.63, 3.8) is 0 Å². The number of rotatable bonds is 10. The Balaban J connectivity index is 1.91. The number of ether oxygens (including phenoxy) is 1. The molecule has 0 heterocycles. The van der Waals surface area contributed by atoms with Crippen LogP contribution in [0.15, 0.2) is 78.9 Å². The number of non-ortho nitro benzene ring substituents is 1. The average Bonchev–Trinajstić information content (AvgIpc) is 2.81. The number of nitro groups is 1. The van der Waals surface area contributed by atoms with Crippen LogP contribution in [0.2, 0.25) is 0 Å². The molecule has 0 saturated carbocycles. The van der Waals surface area contributed by atoms with Gasteiger partial charge in [-0.05, 0) is 42.5 Å². The second-order valence-corrected chi connectivity index (χ2v) is 7.47. The molecule has 7 nitrogen and oxygen atoms in total. The fourth-order valence-electron chi connectivity index (χ4n) is 3.34. The van der Waals surface area contributed by atoms with Crippen LogP contribution in [-0.2, 0) is 11.2 Å². The highest BCUT2D eigenvalue weighted by Gasteiger charge is 2.25. The molecule has 168 valence electrons. The van der Waals surface area contributed by atoms with E-state index in [0.717, 1.165) is 17.2 Å². The Morgan fingerprint density at radius 2 is 1.70 bits per heavy atom. The van der Waals surface area contributed by atoms with Crippen LogP contribution in [0.25, 0.3) is 6.08 Å². The van der Waals surface area contributed by atoms with Crippen molar-refractivity contribution in [1.29, 1.82) is 0 Å². The van der Waals surface area contributed by atoms with E-state index in [2.05, 4.69) is 0 Å². The third-order valence-corrected chi connectivity index (χ3v) is 5.04. The summed E-state index contributed by atoms with van der Waals surface area (Å²) >= 11 is 0. The maximum Gasteiger partial charge on any atom is 0.344 e. The van der Waals surface area contributed by atoms with Crippen LogP contribution in [0.3, 0.4) is 0 Å². The van der Waals surface area contributed by atoms with Crippen molar-refractivity contribution in [1.82, 2.24) is 0 Å². The first-order valence-corrected chi connectivity index (χ1v) is 10.3. The molecule has 1 N–H and O–H groups in total. The van der Waals surface area contributed by atoms with Crippen molar-refractivity contribution in [3.05, 3.63) is 111 Å². The van der Waals surface area contributed by atoms with Gasteiger partial charge in [0.1, 0.15) is 5.75 Å². The zero-order chi connectivity index (χ0) is 23.8. The van der Waals surface area contributed by atoms with Gasteiger partial charge in [-0.25, -0.2) is 4.79 Å². The molecule has 0 aliphatic heterocycles. The second-order valence-electron chi connectivity index (χ2n) is 7.47. The molecule has 1 unspecified atom stereocenters. The van der Waals surface area contributed by atoms with E-state index < -0.39 is 22.8 Å². The van der Waals surface area contributed by atoms with Gasteiger partial charge in [-0.3, -0.25) is 14.9 Å². The molecule has 0 radical (unpaired) electrons. The molecule has 7 heteroatoms. The standard InChI is InChI=1S/C26H23NO6/c1-18-16-21(27(31)32)17-22(23(28)14-12-19-8-4-2-5-9-19)25(18)33-24(26(29)30)15-13-20-10-6-3-7-11-20/h2-12,14,16-17,24H,13,15H2,1H3,(H,29,30). The Bertz CT molecular complexity index is 1170. The molecular weight excluding hydrogens is 422 g/mol. The molecule has 1 atom stereocenters. The summed E-state index contributed by atoms with van der Waals surface area (Å²) in [5.41, 5.74) is 1.72. The lowest BCUT2D eigenvalue weighted by molar-refractivity contribution is -0.384. The smallest absolute Gasteiger partial charge is 0.344 e. The zero-order valence-corrected chi connectivity index (χ0v) is 18.0. The number of allylic oxidation sites excluding steroid dienone is 1. The highest BCUT2D eigenvalue weighted by atomic mass is 16.6. The number of carboxylic acids is 1. The Hall–Kier alpha value is -4.26. The number of hydrogen-bond donors (Lipinski definition) is 1. The zero-order valence-electron chi connectivity index (χ0n) is 18.0. The fraction of sp³-hybridized carbons (Fsp3) is 0.154. The molecule has 3 aromatic carbocycles.